The van der Waals surface area contributed by atoms with Gasteiger partial charge in [-0.15, -0.1) is 0 Å². The highest BCUT2D eigenvalue weighted by molar-refractivity contribution is 4.98. The molecule has 0 heterocycles. The van der Waals surface area contributed by atoms with Crippen molar-refractivity contribution in [3.63, 3.8) is 0 Å². The molecule has 78 valence electrons. The van der Waals surface area contributed by atoms with Crippen molar-refractivity contribution >= 4 is 0 Å². The molecule has 0 saturated heterocycles. The van der Waals surface area contributed by atoms with Crippen molar-refractivity contribution < 1.29 is 26.3 Å². The third-order valence-electron chi connectivity index (χ3n) is 1.36. The van der Waals surface area contributed by atoms with Crippen LogP contribution in [-0.2, 0) is 0 Å². The first-order chi connectivity index (χ1) is 5.64. The lowest BCUT2D eigenvalue weighted by Gasteiger charge is -2.26. The lowest BCUT2D eigenvalue weighted by molar-refractivity contribution is -0.192. The van der Waals surface area contributed by atoms with Crippen molar-refractivity contribution in [2.24, 2.45) is 0 Å². The number of hydrogen-bond donors (Lipinski definition) is 0. The largest absolute Gasteiger partial charge is 0.318 e. The fourth-order valence-electron chi connectivity index (χ4n) is 0.635. The Morgan fingerprint density at radius 3 is 1.77 bits per heavy atom. The molecule has 0 radical (unpaired) electrons. The molecule has 0 bridgehead atoms. The van der Waals surface area contributed by atoms with Crippen molar-refractivity contribution in [2.75, 3.05) is 0 Å². The first-order valence-corrected chi connectivity index (χ1v) is 3.30. The summed E-state index contributed by atoms with van der Waals surface area (Å²) >= 11 is 0. The fourth-order valence-corrected chi connectivity index (χ4v) is 0.635. The van der Waals surface area contributed by atoms with Crippen LogP contribution in [0, 0.1) is 0 Å². The van der Waals surface area contributed by atoms with Crippen LogP contribution in [0.25, 0.3) is 0 Å². The highest BCUT2D eigenvalue weighted by atomic mass is 19.3. The predicted octanol–water partition coefficient (Wildman–Crippen LogP) is 3.14. The fraction of sp³-hybridized carbons (Fsp3) is 0.714. The zero-order chi connectivity index (χ0) is 10.9. The Morgan fingerprint density at radius 1 is 1.15 bits per heavy atom. The van der Waals surface area contributed by atoms with Crippen LogP contribution in [0.5, 0.6) is 0 Å². The van der Waals surface area contributed by atoms with Crippen LogP contribution in [0.3, 0.4) is 0 Å². The quantitative estimate of drug-likeness (QED) is 0.489. The lowest BCUT2D eigenvalue weighted by Crippen LogP contribution is -2.47. The number of halogens is 6. The SMILES string of the molecule is C=CC(F)C(F)(F)C(F)C(C)(F)F. The molecule has 0 amide bonds. The van der Waals surface area contributed by atoms with Gasteiger partial charge in [-0.3, -0.25) is 0 Å². The molecule has 0 aromatic heterocycles. The van der Waals surface area contributed by atoms with Crippen LogP contribution in [0.1, 0.15) is 6.92 Å². The number of rotatable bonds is 4. The van der Waals surface area contributed by atoms with E-state index in [-0.39, 0.29) is 13.0 Å². The van der Waals surface area contributed by atoms with Gasteiger partial charge in [-0.1, -0.05) is 12.7 Å². The van der Waals surface area contributed by atoms with Crippen molar-refractivity contribution in [2.45, 2.75) is 31.1 Å². The average Bonchev–Trinajstić information content (AvgIpc) is 1.99. The van der Waals surface area contributed by atoms with E-state index in [0.717, 1.165) is 0 Å². The monoisotopic (exact) mass is 206 g/mol. The minimum atomic E-state index is -4.75. The lowest BCUT2D eigenvalue weighted by atomic mass is 10.0. The molecular formula is C7H8F6. The minimum absolute atomic E-state index is 0.0403. The minimum Gasteiger partial charge on any atom is -0.236 e. The van der Waals surface area contributed by atoms with E-state index in [1.54, 1.807) is 0 Å². The van der Waals surface area contributed by atoms with E-state index in [0.29, 0.717) is 0 Å². The van der Waals surface area contributed by atoms with Gasteiger partial charge in [-0.25, -0.2) is 17.6 Å². The second-order valence-corrected chi connectivity index (χ2v) is 2.63. The Labute approximate surface area is 71.2 Å². The van der Waals surface area contributed by atoms with Crippen molar-refractivity contribution in [3.05, 3.63) is 12.7 Å². The highest BCUT2D eigenvalue weighted by Gasteiger charge is 2.57. The Balaban J connectivity index is 4.73. The summed E-state index contributed by atoms with van der Waals surface area (Å²) in [5.74, 6) is -9.03. The van der Waals surface area contributed by atoms with Crippen LogP contribution in [-0.4, -0.2) is 24.2 Å². The van der Waals surface area contributed by atoms with E-state index in [1.807, 2.05) is 0 Å². The van der Waals surface area contributed by atoms with Gasteiger partial charge in [-0.2, -0.15) is 8.78 Å². The summed E-state index contributed by atoms with van der Waals surface area (Å²) in [6.45, 7) is 2.58. The first kappa shape index (κ1) is 12.3. The van der Waals surface area contributed by atoms with Gasteiger partial charge in [0.1, 0.15) is 0 Å². The molecule has 0 aliphatic heterocycles. The van der Waals surface area contributed by atoms with E-state index in [4.69, 9.17) is 0 Å². The maximum Gasteiger partial charge on any atom is 0.318 e. The third-order valence-corrected chi connectivity index (χ3v) is 1.36. The molecule has 0 aromatic rings. The van der Waals surface area contributed by atoms with E-state index >= 15 is 0 Å². The number of hydrogen-bond acceptors (Lipinski definition) is 0. The smallest absolute Gasteiger partial charge is 0.236 e. The summed E-state index contributed by atoms with van der Waals surface area (Å²) in [5, 5.41) is 0. The van der Waals surface area contributed by atoms with Crippen molar-refractivity contribution in [1.29, 1.82) is 0 Å². The summed E-state index contributed by atoms with van der Waals surface area (Å²) in [6, 6.07) is 0. The van der Waals surface area contributed by atoms with Gasteiger partial charge in [0.25, 0.3) is 5.92 Å². The van der Waals surface area contributed by atoms with Crippen LogP contribution in [0.15, 0.2) is 12.7 Å². The van der Waals surface area contributed by atoms with E-state index in [2.05, 4.69) is 6.58 Å². The zero-order valence-corrected chi connectivity index (χ0v) is 6.71. The van der Waals surface area contributed by atoms with Gasteiger partial charge in [0.2, 0.25) is 6.17 Å². The Morgan fingerprint density at radius 2 is 1.54 bits per heavy atom. The molecule has 2 atom stereocenters. The molecule has 0 aromatic carbocycles. The van der Waals surface area contributed by atoms with Gasteiger partial charge in [0, 0.05) is 6.92 Å². The van der Waals surface area contributed by atoms with E-state index in [9.17, 15) is 26.3 Å². The number of allylic oxidation sites excluding steroid dienone is 1. The van der Waals surface area contributed by atoms with Gasteiger partial charge >= 0.3 is 5.92 Å². The Kier molecular flexibility index (Phi) is 3.40. The van der Waals surface area contributed by atoms with Crippen LogP contribution in [0.2, 0.25) is 0 Å². The Bertz CT molecular complexity index is 182. The van der Waals surface area contributed by atoms with E-state index < -0.39 is 24.2 Å². The molecule has 0 fully saturated rings. The Hall–Kier alpha value is -0.680. The highest BCUT2D eigenvalue weighted by Crippen LogP contribution is 2.37. The summed E-state index contributed by atoms with van der Waals surface area (Å²) < 4.78 is 73.5. The average molecular weight is 206 g/mol. The summed E-state index contributed by atoms with van der Waals surface area (Å²) in [5.41, 5.74) is 0. The van der Waals surface area contributed by atoms with Crippen LogP contribution >= 0.6 is 0 Å². The van der Waals surface area contributed by atoms with Gasteiger partial charge in [0.05, 0.1) is 0 Å². The van der Waals surface area contributed by atoms with Gasteiger partial charge in [0.15, 0.2) is 6.17 Å². The van der Waals surface area contributed by atoms with E-state index in [1.165, 1.54) is 0 Å². The second kappa shape index (κ2) is 3.59. The molecule has 0 N–H and O–H groups in total. The summed E-state index contributed by atoms with van der Waals surface area (Å²) in [6.07, 6.45) is -6.89. The first-order valence-electron chi connectivity index (χ1n) is 3.30. The molecule has 13 heavy (non-hydrogen) atoms. The normalized spacial score (nSPS) is 18.1. The maximum absolute atomic E-state index is 12.4. The van der Waals surface area contributed by atoms with Crippen molar-refractivity contribution in [1.82, 2.24) is 0 Å². The molecule has 0 aliphatic rings. The molecule has 6 heteroatoms. The standard InChI is InChI=1S/C7H8F6/c1-3-4(8)7(12,13)5(9)6(2,10)11/h3-5H,1H2,2H3. The summed E-state index contributed by atoms with van der Waals surface area (Å²) in [7, 11) is 0. The predicted molar refractivity (Wildman–Crippen MR) is 35.6 cm³/mol. The van der Waals surface area contributed by atoms with Crippen molar-refractivity contribution in [3.8, 4) is 0 Å². The topological polar surface area (TPSA) is 0 Å². The zero-order valence-electron chi connectivity index (χ0n) is 6.71. The number of alkyl halides is 6. The molecule has 0 nitrogen and oxygen atoms in total. The molecular weight excluding hydrogens is 198 g/mol. The maximum atomic E-state index is 12.4. The van der Waals surface area contributed by atoms with Crippen LogP contribution in [0.4, 0.5) is 26.3 Å². The molecule has 0 aliphatic carbocycles. The molecule has 0 spiro atoms. The molecule has 0 saturated carbocycles. The summed E-state index contributed by atoms with van der Waals surface area (Å²) in [4.78, 5) is 0. The van der Waals surface area contributed by atoms with Gasteiger partial charge < -0.3 is 0 Å². The third kappa shape index (κ3) is 2.63. The molecule has 2 unspecified atom stereocenters. The van der Waals surface area contributed by atoms with Gasteiger partial charge in [-0.05, 0) is 0 Å². The molecule has 0 rings (SSSR count). The van der Waals surface area contributed by atoms with Crippen LogP contribution < -0.4 is 0 Å². The second-order valence-electron chi connectivity index (χ2n) is 2.63.